The number of carbonyl (C=O) groups is 1. The lowest BCUT2D eigenvalue weighted by atomic mass is 10.1. The fourth-order valence-electron chi connectivity index (χ4n) is 2.72. The molecule has 0 atom stereocenters. The summed E-state index contributed by atoms with van der Waals surface area (Å²) in [4.78, 5) is 22.7. The molecule has 0 radical (unpaired) electrons. The highest BCUT2D eigenvalue weighted by atomic mass is 32.1. The van der Waals surface area contributed by atoms with E-state index < -0.39 is 0 Å². The second-order valence-corrected chi connectivity index (χ2v) is 6.81. The predicted octanol–water partition coefficient (Wildman–Crippen LogP) is 2.96. The summed E-state index contributed by atoms with van der Waals surface area (Å²) >= 11 is 1.29. The first-order chi connectivity index (χ1) is 13.1. The number of ether oxygens (including phenoxy) is 2. The summed E-state index contributed by atoms with van der Waals surface area (Å²) in [5.74, 6) is 0.734. The molecular weight excluding hydrogens is 364 g/mol. The number of nitrogens with zero attached hydrogens (tertiary/aromatic N) is 3. The summed E-state index contributed by atoms with van der Waals surface area (Å²) in [6.07, 6.45) is 0. The Kier molecular flexibility index (Phi) is 5.64. The lowest BCUT2D eigenvalue weighted by Crippen LogP contribution is -2.22. The maximum atomic E-state index is 12.7. The van der Waals surface area contributed by atoms with Crippen molar-refractivity contribution in [1.29, 1.82) is 5.26 Å². The number of rotatable bonds is 6. The fraction of sp³-hybridized carbons (Fsp3) is 0.263. The molecule has 0 saturated heterocycles. The Morgan fingerprint density at radius 3 is 2.85 bits per heavy atom. The minimum Gasteiger partial charge on any atom is -0.480 e. The molecule has 0 saturated carbocycles. The highest BCUT2D eigenvalue weighted by Gasteiger charge is 2.21. The van der Waals surface area contributed by atoms with Crippen molar-refractivity contribution in [3.8, 4) is 11.9 Å². The van der Waals surface area contributed by atoms with Crippen LogP contribution in [-0.2, 0) is 17.9 Å². The van der Waals surface area contributed by atoms with Crippen LogP contribution in [-0.4, -0.2) is 30.1 Å². The number of hydrogen-bond acceptors (Lipinski definition) is 7. The molecule has 3 rings (SSSR count). The third-order valence-electron chi connectivity index (χ3n) is 3.99. The van der Waals surface area contributed by atoms with Gasteiger partial charge >= 0.3 is 0 Å². The normalized spacial score (nSPS) is 10.6. The van der Waals surface area contributed by atoms with Crippen molar-refractivity contribution in [1.82, 2.24) is 15.3 Å². The van der Waals surface area contributed by atoms with Gasteiger partial charge in [-0.15, -0.1) is 11.3 Å². The van der Waals surface area contributed by atoms with Crippen molar-refractivity contribution in [3.05, 3.63) is 51.7 Å². The molecule has 1 N–H and O–H groups in total. The molecular formula is C19H18N4O3S. The molecule has 2 heterocycles. The number of nitrogens with one attached hydrogen (secondary N) is 1. The largest absolute Gasteiger partial charge is 0.480 e. The van der Waals surface area contributed by atoms with E-state index >= 15 is 0 Å². The van der Waals surface area contributed by atoms with Gasteiger partial charge < -0.3 is 14.8 Å². The minimum atomic E-state index is -0.201. The molecule has 2 aromatic heterocycles. The van der Waals surface area contributed by atoms with E-state index in [-0.39, 0.29) is 12.5 Å². The van der Waals surface area contributed by atoms with Crippen molar-refractivity contribution in [2.24, 2.45) is 0 Å². The molecule has 0 unspecified atom stereocenters. The number of aryl methyl sites for hydroxylation is 1. The molecule has 1 amide bonds. The van der Waals surface area contributed by atoms with Crippen LogP contribution in [0.3, 0.4) is 0 Å². The molecule has 0 aliphatic rings. The first-order valence-corrected chi connectivity index (χ1v) is 8.99. The van der Waals surface area contributed by atoms with Crippen LogP contribution in [0.2, 0.25) is 0 Å². The van der Waals surface area contributed by atoms with Crippen LogP contribution in [0.4, 0.5) is 0 Å². The fourth-order valence-corrected chi connectivity index (χ4v) is 3.82. The summed E-state index contributed by atoms with van der Waals surface area (Å²) in [5, 5.41) is 12.6. The highest BCUT2D eigenvalue weighted by molar-refractivity contribution is 7.20. The standard InChI is InChI=1S/C19H18N4O3S/c1-11-15-18(26-3)22-14(10-25-2)23-19(15)27-16(11)17(24)21-9-13-6-4-5-12(7-13)8-20/h4-7H,9-10H2,1-3H3,(H,21,24). The molecule has 0 aliphatic heterocycles. The quantitative estimate of drug-likeness (QED) is 0.704. The van der Waals surface area contributed by atoms with Gasteiger partial charge in [0.2, 0.25) is 5.88 Å². The summed E-state index contributed by atoms with van der Waals surface area (Å²) in [7, 11) is 3.11. The molecule has 1 aromatic carbocycles. The third kappa shape index (κ3) is 3.89. The number of hydrogen-bond donors (Lipinski definition) is 1. The van der Waals surface area contributed by atoms with E-state index in [2.05, 4.69) is 21.4 Å². The van der Waals surface area contributed by atoms with Gasteiger partial charge in [-0.1, -0.05) is 12.1 Å². The monoisotopic (exact) mass is 382 g/mol. The second kappa shape index (κ2) is 8.12. The molecule has 8 heteroatoms. The molecule has 0 bridgehead atoms. The maximum Gasteiger partial charge on any atom is 0.261 e. The van der Waals surface area contributed by atoms with Crippen molar-refractivity contribution in [2.45, 2.75) is 20.1 Å². The number of thiophene rings is 1. The van der Waals surface area contributed by atoms with E-state index in [9.17, 15) is 4.79 Å². The zero-order valence-corrected chi connectivity index (χ0v) is 16.0. The topological polar surface area (TPSA) is 97.1 Å². The number of fused-ring (bicyclic) bond motifs is 1. The molecule has 0 aliphatic carbocycles. The van der Waals surface area contributed by atoms with Crippen molar-refractivity contribution >= 4 is 27.5 Å². The van der Waals surface area contributed by atoms with Gasteiger partial charge in [-0.3, -0.25) is 4.79 Å². The Balaban J connectivity index is 1.88. The molecule has 7 nitrogen and oxygen atoms in total. The van der Waals surface area contributed by atoms with Gasteiger partial charge in [-0.2, -0.15) is 10.2 Å². The Bertz CT molecular complexity index is 1040. The number of carbonyl (C=O) groups excluding carboxylic acids is 1. The van der Waals surface area contributed by atoms with Gasteiger partial charge in [0.05, 0.1) is 29.0 Å². The molecule has 3 aromatic rings. The number of nitriles is 1. The van der Waals surface area contributed by atoms with Crippen molar-refractivity contribution < 1.29 is 14.3 Å². The summed E-state index contributed by atoms with van der Waals surface area (Å²) in [5.41, 5.74) is 2.20. The van der Waals surface area contributed by atoms with E-state index in [0.29, 0.717) is 33.5 Å². The van der Waals surface area contributed by atoms with Crippen LogP contribution < -0.4 is 10.1 Å². The average Bonchev–Trinajstić information content (AvgIpc) is 3.02. The average molecular weight is 382 g/mol. The minimum absolute atomic E-state index is 0.201. The number of benzene rings is 1. The van der Waals surface area contributed by atoms with Gasteiger partial charge in [0.1, 0.15) is 11.4 Å². The van der Waals surface area contributed by atoms with Gasteiger partial charge in [0, 0.05) is 13.7 Å². The smallest absolute Gasteiger partial charge is 0.261 e. The van der Waals surface area contributed by atoms with E-state index in [1.807, 2.05) is 13.0 Å². The first-order valence-electron chi connectivity index (χ1n) is 8.17. The second-order valence-electron chi connectivity index (χ2n) is 5.81. The van der Waals surface area contributed by atoms with Gasteiger partial charge in [0.15, 0.2) is 5.82 Å². The Labute approximate surface area is 160 Å². The third-order valence-corrected chi connectivity index (χ3v) is 5.17. The van der Waals surface area contributed by atoms with Gasteiger partial charge in [0.25, 0.3) is 5.91 Å². The number of aromatic nitrogens is 2. The Morgan fingerprint density at radius 2 is 2.15 bits per heavy atom. The van der Waals surface area contributed by atoms with Gasteiger partial charge in [-0.25, -0.2) is 4.98 Å². The van der Waals surface area contributed by atoms with Crippen LogP contribution in [0.1, 0.15) is 32.2 Å². The van der Waals surface area contributed by atoms with Crippen LogP contribution in [0.25, 0.3) is 10.2 Å². The van der Waals surface area contributed by atoms with Crippen LogP contribution in [0.5, 0.6) is 5.88 Å². The molecule has 27 heavy (non-hydrogen) atoms. The van der Waals surface area contributed by atoms with E-state index in [0.717, 1.165) is 16.5 Å². The van der Waals surface area contributed by atoms with Gasteiger partial charge in [-0.05, 0) is 30.2 Å². The zero-order chi connectivity index (χ0) is 19.4. The van der Waals surface area contributed by atoms with Crippen molar-refractivity contribution in [3.63, 3.8) is 0 Å². The maximum absolute atomic E-state index is 12.7. The zero-order valence-electron chi connectivity index (χ0n) is 15.2. The number of methoxy groups -OCH3 is 2. The number of amides is 1. The molecule has 138 valence electrons. The molecule has 0 spiro atoms. The van der Waals surface area contributed by atoms with Crippen LogP contribution >= 0.6 is 11.3 Å². The lowest BCUT2D eigenvalue weighted by molar-refractivity contribution is 0.0954. The van der Waals surface area contributed by atoms with E-state index in [1.54, 1.807) is 25.3 Å². The first kappa shape index (κ1) is 18.8. The van der Waals surface area contributed by atoms with Crippen molar-refractivity contribution in [2.75, 3.05) is 14.2 Å². The predicted molar refractivity (Wildman–Crippen MR) is 102 cm³/mol. The van der Waals surface area contributed by atoms with E-state index in [1.165, 1.54) is 18.4 Å². The summed E-state index contributed by atoms with van der Waals surface area (Å²) < 4.78 is 10.5. The summed E-state index contributed by atoms with van der Waals surface area (Å²) in [6.45, 7) is 2.45. The Hall–Kier alpha value is -3.02. The van der Waals surface area contributed by atoms with E-state index in [4.69, 9.17) is 14.7 Å². The SMILES string of the molecule is COCc1nc(OC)c2c(C)c(C(=O)NCc3cccc(C#N)c3)sc2n1. The van der Waals surface area contributed by atoms with Crippen LogP contribution in [0.15, 0.2) is 24.3 Å². The molecule has 0 fully saturated rings. The Morgan fingerprint density at radius 1 is 1.33 bits per heavy atom. The van der Waals surface area contributed by atoms with Crippen LogP contribution in [0, 0.1) is 18.3 Å². The highest BCUT2D eigenvalue weighted by Crippen LogP contribution is 2.35. The lowest BCUT2D eigenvalue weighted by Gasteiger charge is -2.06. The summed E-state index contributed by atoms with van der Waals surface area (Å²) in [6, 6.07) is 9.23.